The molecule has 1 aliphatic rings. The summed E-state index contributed by atoms with van der Waals surface area (Å²) in [6, 6.07) is 4.96. The monoisotopic (exact) mass is 411 g/mol. The smallest absolute Gasteiger partial charge is 0.292 e. The largest absolute Gasteiger partial charge is 0.493 e. The molecule has 0 atom stereocenters. The van der Waals surface area contributed by atoms with Gasteiger partial charge in [-0.2, -0.15) is 5.10 Å². The van der Waals surface area contributed by atoms with E-state index in [1.165, 1.54) is 50.9 Å². The number of benzene rings is 1. The van der Waals surface area contributed by atoms with E-state index in [4.69, 9.17) is 10.5 Å². The molecule has 0 aliphatic heterocycles. The fourth-order valence-corrected chi connectivity index (χ4v) is 3.76. The Morgan fingerprint density at radius 1 is 1.13 bits per heavy atom. The van der Waals surface area contributed by atoms with Crippen molar-refractivity contribution in [1.82, 2.24) is 14.6 Å². The molecule has 0 spiro atoms. The van der Waals surface area contributed by atoms with Crippen molar-refractivity contribution < 1.29 is 9.66 Å². The maximum atomic E-state index is 11.3. The van der Waals surface area contributed by atoms with Gasteiger partial charge in [-0.1, -0.05) is 52.4 Å². The fourth-order valence-electron chi connectivity index (χ4n) is 3.76. The highest BCUT2D eigenvalue weighted by Crippen LogP contribution is 2.37. The van der Waals surface area contributed by atoms with Gasteiger partial charge >= 0.3 is 0 Å². The molecule has 0 unspecified atom stereocenters. The zero-order valence-electron chi connectivity index (χ0n) is 17.8. The molecule has 0 bridgehead atoms. The van der Waals surface area contributed by atoms with E-state index in [9.17, 15) is 10.1 Å². The molecule has 2 aromatic heterocycles. The lowest BCUT2D eigenvalue weighted by molar-refractivity contribution is -0.383. The van der Waals surface area contributed by atoms with Crippen molar-refractivity contribution in [3.63, 3.8) is 0 Å². The summed E-state index contributed by atoms with van der Waals surface area (Å²) in [5, 5.41) is 15.4. The SMILES string of the molecule is C1CCCCC1.COc1cc(-c2cc([N+](=O)[O-])c(N)cc2C(C)C)cn2ncnc12. The molecule has 1 aliphatic carbocycles. The van der Waals surface area contributed by atoms with E-state index in [0.717, 1.165) is 16.7 Å². The molecule has 0 amide bonds. The second-order valence-corrected chi connectivity index (χ2v) is 7.86. The standard InChI is InChI=1S/C16H17N5O3.C6H12/c1-9(2)11-5-13(17)14(21(22)23)6-12(11)10-4-15(24-3)16-18-8-19-20(16)7-10;1-2-4-6-5-3-1/h4-9H,17H2,1-3H3;1-6H2. The summed E-state index contributed by atoms with van der Waals surface area (Å²) in [6.45, 7) is 4.02. The van der Waals surface area contributed by atoms with Gasteiger partial charge in [0.15, 0.2) is 11.4 Å². The minimum atomic E-state index is -0.478. The summed E-state index contributed by atoms with van der Waals surface area (Å²) >= 11 is 0. The zero-order valence-corrected chi connectivity index (χ0v) is 17.8. The van der Waals surface area contributed by atoms with Crippen LogP contribution >= 0.6 is 0 Å². The van der Waals surface area contributed by atoms with Gasteiger partial charge in [0.05, 0.1) is 12.0 Å². The lowest BCUT2D eigenvalue weighted by atomic mass is 9.92. The van der Waals surface area contributed by atoms with Gasteiger partial charge in [0.1, 0.15) is 12.0 Å². The number of nitro benzene ring substituents is 1. The van der Waals surface area contributed by atoms with Crippen molar-refractivity contribution in [3.8, 4) is 16.9 Å². The Balaban J connectivity index is 0.000000367. The molecule has 1 saturated carbocycles. The Bertz CT molecular complexity index is 1010. The van der Waals surface area contributed by atoms with E-state index < -0.39 is 4.92 Å². The van der Waals surface area contributed by atoms with Crippen molar-refractivity contribution in [2.75, 3.05) is 12.8 Å². The third-order valence-corrected chi connectivity index (χ3v) is 5.39. The highest BCUT2D eigenvalue weighted by Gasteiger charge is 2.20. The van der Waals surface area contributed by atoms with Crippen molar-refractivity contribution in [1.29, 1.82) is 0 Å². The van der Waals surface area contributed by atoms with E-state index >= 15 is 0 Å². The summed E-state index contributed by atoms with van der Waals surface area (Å²) in [5.41, 5.74) is 8.85. The molecule has 2 N–H and O–H groups in total. The van der Waals surface area contributed by atoms with E-state index in [-0.39, 0.29) is 17.3 Å². The van der Waals surface area contributed by atoms with Crippen molar-refractivity contribution >= 4 is 17.0 Å². The fraction of sp³-hybridized carbons (Fsp3) is 0.455. The first-order valence-electron chi connectivity index (χ1n) is 10.4. The number of methoxy groups -OCH3 is 1. The van der Waals surface area contributed by atoms with E-state index in [2.05, 4.69) is 10.1 Å². The van der Waals surface area contributed by atoms with Crippen LogP contribution in [0.1, 0.15) is 63.9 Å². The molecule has 3 aromatic rings. The third kappa shape index (κ3) is 4.69. The van der Waals surface area contributed by atoms with Crippen LogP contribution in [0, 0.1) is 10.1 Å². The number of aromatic nitrogens is 3. The van der Waals surface area contributed by atoms with Crippen LogP contribution in [0.15, 0.2) is 30.7 Å². The number of nitrogen functional groups attached to an aromatic ring is 1. The van der Waals surface area contributed by atoms with Crippen LogP contribution in [0.2, 0.25) is 0 Å². The lowest BCUT2D eigenvalue weighted by Gasteiger charge is -2.15. The summed E-state index contributed by atoms with van der Waals surface area (Å²) in [7, 11) is 1.54. The number of hydrogen-bond acceptors (Lipinski definition) is 6. The Hall–Kier alpha value is -3.16. The summed E-state index contributed by atoms with van der Waals surface area (Å²) in [4.78, 5) is 14.9. The third-order valence-electron chi connectivity index (χ3n) is 5.39. The van der Waals surface area contributed by atoms with Crippen molar-refractivity contribution in [2.45, 2.75) is 58.3 Å². The number of nitrogens with two attached hydrogens (primary N) is 1. The molecule has 2 heterocycles. The predicted octanol–water partition coefficient (Wildman–Crippen LogP) is 5.36. The van der Waals surface area contributed by atoms with Gasteiger partial charge in [-0.05, 0) is 29.2 Å². The highest BCUT2D eigenvalue weighted by atomic mass is 16.6. The number of fused-ring (bicyclic) bond motifs is 1. The summed E-state index contributed by atoms with van der Waals surface area (Å²) < 4.78 is 6.95. The van der Waals surface area contributed by atoms with Crippen molar-refractivity contribution in [3.05, 3.63) is 46.4 Å². The van der Waals surface area contributed by atoms with Gasteiger partial charge in [-0.3, -0.25) is 10.1 Å². The Morgan fingerprint density at radius 2 is 1.77 bits per heavy atom. The average molecular weight is 412 g/mol. The van der Waals surface area contributed by atoms with Crippen molar-refractivity contribution in [2.24, 2.45) is 0 Å². The molecule has 30 heavy (non-hydrogen) atoms. The Morgan fingerprint density at radius 3 is 2.30 bits per heavy atom. The van der Waals surface area contributed by atoms with Crippen LogP contribution in [0.3, 0.4) is 0 Å². The first-order valence-corrected chi connectivity index (χ1v) is 10.4. The first kappa shape index (κ1) is 21.5. The molecule has 1 aromatic carbocycles. The molecular formula is C22H29N5O3. The summed E-state index contributed by atoms with van der Waals surface area (Å²) in [5.74, 6) is 0.680. The Labute approximate surface area is 176 Å². The molecule has 160 valence electrons. The molecular weight excluding hydrogens is 382 g/mol. The van der Waals surface area contributed by atoms with Crippen LogP contribution in [0.5, 0.6) is 5.75 Å². The van der Waals surface area contributed by atoms with Crippen LogP contribution in [-0.2, 0) is 0 Å². The molecule has 0 radical (unpaired) electrons. The number of rotatable bonds is 4. The zero-order chi connectivity index (χ0) is 21.7. The topological polar surface area (TPSA) is 109 Å². The molecule has 0 saturated heterocycles. The van der Waals surface area contributed by atoms with E-state index in [0.29, 0.717) is 11.4 Å². The van der Waals surface area contributed by atoms with E-state index in [1.54, 1.807) is 30.0 Å². The quantitative estimate of drug-likeness (QED) is 0.352. The first-order chi connectivity index (χ1) is 14.4. The maximum absolute atomic E-state index is 11.3. The molecule has 8 heteroatoms. The van der Waals surface area contributed by atoms with Gasteiger partial charge in [0.25, 0.3) is 5.69 Å². The maximum Gasteiger partial charge on any atom is 0.292 e. The van der Waals surface area contributed by atoms with Gasteiger partial charge < -0.3 is 10.5 Å². The van der Waals surface area contributed by atoms with Gasteiger partial charge in [-0.15, -0.1) is 0 Å². The number of nitro groups is 1. The van der Waals surface area contributed by atoms with Crippen LogP contribution in [0.25, 0.3) is 16.8 Å². The minimum Gasteiger partial charge on any atom is -0.493 e. The second-order valence-electron chi connectivity index (χ2n) is 7.86. The summed E-state index contributed by atoms with van der Waals surface area (Å²) in [6.07, 6.45) is 12.2. The van der Waals surface area contributed by atoms with E-state index in [1.807, 2.05) is 13.8 Å². The number of hydrogen-bond donors (Lipinski definition) is 1. The predicted molar refractivity (Wildman–Crippen MR) is 118 cm³/mol. The molecule has 1 fully saturated rings. The molecule has 8 nitrogen and oxygen atoms in total. The number of anilines is 1. The highest BCUT2D eigenvalue weighted by molar-refractivity contribution is 5.78. The number of pyridine rings is 1. The van der Waals surface area contributed by atoms with Crippen LogP contribution < -0.4 is 10.5 Å². The van der Waals surface area contributed by atoms with Crippen LogP contribution in [0.4, 0.5) is 11.4 Å². The Kier molecular flexibility index (Phi) is 6.87. The number of ether oxygens (including phenoxy) is 1. The average Bonchev–Trinajstić information content (AvgIpc) is 3.23. The van der Waals surface area contributed by atoms with Gasteiger partial charge in [0.2, 0.25) is 0 Å². The second kappa shape index (κ2) is 9.56. The minimum absolute atomic E-state index is 0.118. The number of nitrogens with zero attached hydrogens (tertiary/aromatic N) is 4. The molecule has 4 rings (SSSR count). The lowest BCUT2D eigenvalue weighted by Crippen LogP contribution is -2.02. The van der Waals surface area contributed by atoms with Crippen LogP contribution in [-0.4, -0.2) is 26.6 Å². The normalized spacial score (nSPS) is 13.7. The van der Waals surface area contributed by atoms with Gasteiger partial charge in [-0.25, -0.2) is 9.50 Å². The van der Waals surface area contributed by atoms with Gasteiger partial charge in [0, 0.05) is 17.8 Å².